The summed E-state index contributed by atoms with van der Waals surface area (Å²) in [5.74, 6) is -1.23. The smallest absolute Gasteiger partial charge is 0.320 e. The molecule has 3 N–H and O–H groups in total. The van der Waals surface area contributed by atoms with Crippen molar-refractivity contribution in [2.24, 2.45) is 11.7 Å². The molecule has 1 saturated carbocycles. The van der Waals surface area contributed by atoms with E-state index in [1.54, 1.807) is 0 Å². The van der Waals surface area contributed by atoms with E-state index in [4.69, 9.17) is 10.8 Å². The van der Waals surface area contributed by atoms with Crippen molar-refractivity contribution in [1.82, 2.24) is 0 Å². The van der Waals surface area contributed by atoms with Gasteiger partial charge in [-0.05, 0) is 6.42 Å². The van der Waals surface area contributed by atoms with Gasteiger partial charge in [-0.3, -0.25) is 14.9 Å². The molecule has 0 bridgehead atoms. The summed E-state index contributed by atoms with van der Waals surface area (Å²) in [5, 5.41) is 18.5. The number of carboxylic acids is 1. The number of nitro groups is 1. The molecule has 0 saturated heterocycles. The summed E-state index contributed by atoms with van der Waals surface area (Å²) in [4.78, 5) is 20.0. The average Bonchev–Trinajstić information content (AvgIpc) is 2.67. The summed E-state index contributed by atoms with van der Waals surface area (Å²) < 4.78 is 0. The Labute approximate surface area is 68.5 Å². The van der Waals surface area contributed by atoms with Crippen LogP contribution >= 0.6 is 0 Å². The van der Waals surface area contributed by atoms with Gasteiger partial charge in [-0.15, -0.1) is 0 Å². The van der Waals surface area contributed by atoms with E-state index in [0.717, 1.165) is 0 Å². The molecule has 0 amide bonds. The van der Waals surface area contributed by atoms with E-state index in [2.05, 4.69) is 0 Å². The zero-order chi connectivity index (χ0) is 9.30. The second-order valence-corrected chi connectivity index (χ2v) is 3.03. The number of hydrogen-bond donors (Lipinski definition) is 2. The van der Waals surface area contributed by atoms with Gasteiger partial charge in [0.25, 0.3) is 0 Å². The normalized spacial score (nSPS) is 29.4. The van der Waals surface area contributed by atoms with Crippen LogP contribution in [0.2, 0.25) is 0 Å². The molecule has 12 heavy (non-hydrogen) atoms. The van der Waals surface area contributed by atoms with Crippen molar-refractivity contribution >= 4 is 5.97 Å². The molecule has 0 aromatic carbocycles. The Morgan fingerprint density at radius 1 is 1.83 bits per heavy atom. The Balaban J connectivity index is 2.27. The molecule has 1 rings (SSSR count). The van der Waals surface area contributed by atoms with E-state index in [1.165, 1.54) is 0 Å². The number of aliphatic carboxylic acids is 1. The topological polar surface area (TPSA) is 106 Å². The summed E-state index contributed by atoms with van der Waals surface area (Å²) in [5.41, 5.74) is 5.20. The summed E-state index contributed by atoms with van der Waals surface area (Å²) in [6.07, 6.45) is 0.676. The van der Waals surface area contributed by atoms with Gasteiger partial charge in [0.2, 0.25) is 6.04 Å². The number of carbonyl (C=O) groups is 1. The molecule has 0 spiro atoms. The third kappa shape index (κ3) is 1.91. The molecule has 0 unspecified atom stereocenters. The fourth-order valence-corrected chi connectivity index (χ4v) is 1.17. The van der Waals surface area contributed by atoms with Crippen molar-refractivity contribution < 1.29 is 14.8 Å². The van der Waals surface area contributed by atoms with Crippen molar-refractivity contribution in [1.29, 1.82) is 0 Å². The van der Waals surface area contributed by atoms with E-state index >= 15 is 0 Å². The van der Waals surface area contributed by atoms with Crippen LogP contribution in [-0.2, 0) is 4.79 Å². The Morgan fingerprint density at radius 2 is 2.42 bits per heavy atom. The molecule has 0 aromatic rings. The van der Waals surface area contributed by atoms with Crippen molar-refractivity contribution in [3.05, 3.63) is 10.1 Å². The number of nitrogens with zero attached hydrogens (tertiary/aromatic N) is 1. The molecule has 0 radical (unpaired) electrons. The van der Waals surface area contributed by atoms with Gasteiger partial charge in [-0.2, -0.15) is 0 Å². The van der Waals surface area contributed by atoms with Crippen LogP contribution in [0.15, 0.2) is 0 Å². The van der Waals surface area contributed by atoms with Crippen LogP contribution in [0.25, 0.3) is 0 Å². The molecule has 6 nitrogen and oxygen atoms in total. The summed E-state index contributed by atoms with van der Waals surface area (Å²) in [7, 11) is 0. The fourth-order valence-electron chi connectivity index (χ4n) is 1.17. The maximum absolute atomic E-state index is 10.2. The Kier molecular flexibility index (Phi) is 2.27. The summed E-state index contributed by atoms with van der Waals surface area (Å²) in [6.45, 7) is 0. The quantitative estimate of drug-likeness (QED) is 0.439. The standard InChI is InChI=1S/C6H10N2O4/c7-4(6(9)10)1-3-2-5(3)8(11)12/h3-5H,1-2,7H2,(H,9,10)/t3-,4-,5-/m1/s1. The van der Waals surface area contributed by atoms with E-state index in [1.807, 2.05) is 0 Å². The second-order valence-electron chi connectivity index (χ2n) is 3.03. The van der Waals surface area contributed by atoms with Gasteiger partial charge in [-0.25, -0.2) is 0 Å². The SMILES string of the molecule is N[C@H](C[C@@H]1C[C@H]1[N+](=O)[O-])C(=O)O. The molecule has 1 aliphatic rings. The highest BCUT2D eigenvalue weighted by Gasteiger charge is 2.49. The highest BCUT2D eigenvalue weighted by Crippen LogP contribution is 2.36. The maximum atomic E-state index is 10.2. The largest absolute Gasteiger partial charge is 0.480 e. The highest BCUT2D eigenvalue weighted by atomic mass is 16.6. The van der Waals surface area contributed by atoms with E-state index in [-0.39, 0.29) is 17.3 Å². The lowest BCUT2D eigenvalue weighted by Crippen LogP contribution is -2.31. The molecule has 0 aliphatic heterocycles. The molecule has 1 fully saturated rings. The van der Waals surface area contributed by atoms with Crippen LogP contribution in [0.3, 0.4) is 0 Å². The van der Waals surface area contributed by atoms with Gasteiger partial charge >= 0.3 is 5.97 Å². The molecular weight excluding hydrogens is 164 g/mol. The highest BCUT2D eigenvalue weighted by molar-refractivity contribution is 5.73. The number of hydrogen-bond acceptors (Lipinski definition) is 4. The first kappa shape index (κ1) is 8.92. The van der Waals surface area contributed by atoms with Gasteiger partial charge in [0, 0.05) is 17.3 Å². The Hall–Kier alpha value is -1.17. The summed E-state index contributed by atoms with van der Waals surface area (Å²) in [6, 6.07) is -1.52. The van der Waals surface area contributed by atoms with Crippen LogP contribution in [0, 0.1) is 16.0 Å². The van der Waals surface area contributed by atoms with Crippen LogP contribution in [-0.4, -0.2) is 28.1 Å². The first-order chi connectivity index (χ1) is 5.52. The number of rotatable bonds is 4. The maximum Gasteiger partial charge on any atom is 0.320 e. The average molecular weight is 174 g/mol. The minimum atomic E-state index is -1.09. The van der Waals surface area contributed by atoms with Gasteiger partial charge in [0.1, 0.15) is 6.04 Å². The number of carboxylic acid groups (broad SMARTS) is 1. The molecule has 0 heterocycles. The molecule has 6 heteroatoms. The summed E-state index contributed by atoms with van der Waals surface area (Å²) >= 11 is 0. The molecule has 1 aliphatic carbocycles. The van der Waals surface area contributed by atoms with Crippen molar-refractivity contribution in [2.45, 2.75) is 24.9 Å². The van der Waals surface area contributed by atoms with Gasteiger partial charge in [0.15, 0.2) is 0 Å². The number of nitrogens with two attached hydrogens (primary N) is 1. The van der Waals surface area contributed by atoms with Gasteiger partial charge < -0.3 is 10.8 Å². The van der Waals surface area contributed by atoms with E-state index in [9.17, 15) is 14.9 Å². The van der Waals surface area contributed by atoms with Crippen LogP contribution in [0.4, 0.5) is 0 Å². The third-order valence-electron chi connectivity index (χ3n) is 2.03. The third-order valence-corrected chi connectivity index (χ3v) is 2.03. The van der Waals surface area contributed by atoms with Gasteiger partial charge in [-0.1, -0.05) is 0 Å². The first-order valence-electron chi connectivity index (χ1n) is 3.64. The van der Waals surface area contributed by atoms with Gasteiger partial charge in [0.05, 0.1) is 0 Å². The minimum Gasteiger partial charge on any atom is -0.480 e. The van der Waals surface area contributed by atoms with Crippen LogP contribution in [0.5, 0.6) is 0 Å². The zero-order valence-corrected chi connectivity index (χ0v) is 6.34. The van der Waals surface area contributed by atoms with Crippen molar-refractivity contribution in [3.8, 4) is 0 Å². The van der Waals surface area contributed by atoms with Crippen LogP contribution < -0.4 is 5.73 Å². The Bertz CT molecular complexity index is 218. The first-order valence-corrected chi connectivity index (χ1v) is 3.64. The Morgan fingerprint density at radius 3 is 2.75 bits per heavy atom. The molecule has 3 atom stereocenters. The predicted molar refractivity (Wildman–Crippen MR) is 39.1 cm³/mol. The lowest BCUT2D eigenvalue weighted by Gasteiger charge is -2.02. The monoisotopic (exact) mass is 174 g/mol. The van der Waals surface area contributed by atoms with Crippen molar-refractivity contribution in [3.63, 3.8) is 0 Å². The molecule has 68 valence electrons. The fraction of sp³-hybridized carbons (Fsp3) is 0.833. The molecular formula is C6H10N2O4. The lowest BCUT2D eigenvalue weighted by molar-refractivity contribution is -0.498. The van der Waals surface area contributed by atoms with E-state index < -0.39 is 18.1 Å². The predicted octanol–water partition coefficient (Wildman–Crippen LogP) is -0.546. The molecule has 0 aromatic heterocycles. The second kappa shape index (κ2) is 3.06. The lowest BCUT2D eigenvalue weighted by atomic mass is 10.1. The minimum absolute atomic E-state index is 0.133. The van der Waals surface area contributed by atoms with Crippen molar-refractivity contribution in [2.75, 3.05) is 0 Å². The van der Waals surface area contributed by atoms with Crippen LogP contribution in [0.1, 0.15) is 12.8 Å². The van der Waals surface area contributed by atoms with E-state index in [0.29, 0.717) is 6.42 Å². The zero-order valence-electron chi connectivity index (χ0n) is 6.34.